The zero-order valence-corrected chi connectivity index (χ0v) is 40.1. The van der Waals surface area contributed by atoms with Gasteiger partial charge in [0.25, 0.3) is 18.2 Å². The van der Waals surface area contributed by atoms with Gasteiger partial charge in [-0.1, -0.05) is 0 Å². The first-order chi connectivity index (χ1) is 34.4. The van der Waals surface area contributed by atoms with Gasteiger partial charge in [-0.2, -0.15) is 5.10 Å². The second-order valence-electron chi connectivity index (χ2n) is 19.7. The van der Waals surface area contributed by atoms with Gasteiger partial charge in [0.05, 0.1) is 36.5 Å². The standard InChI is InChI=1S/C52H58F2N10O7/c1-31(65)60-16-13-42-41(29-60)49(62-15-3-4-33-24-37(39(48(53)54)26-44(33)62)38-27-46-55-14-17-61(46)30-45(38)71-23-22-70-2)57-64(42)34-7-5-32(6-8-34)28-58-18-20-59(21-19-58)35-9-10-36-40(25-35)52(69)63(51(36)68)43-11-12-47(66)56-50(43)67/h9-10,14,17,24-27,30,32,34,43,48H,3-8,11-13,15-16,18-23,28-29H2,1-2H3,(H,56,66,67). The number of ether oxygens (including phenoxy) is 2. The molecule has 0 spiro atoms. The summed E-state index contributed by atoms with van der Waals surface area (Å²) in [6.45, 7) is 8.01. The van der Waals surface area contributed by atoms with Crippen LogP contribution in [0.1, 0.15) is 107 Å². The SMILES string of the molecule is COCCOc1cn2ccnc2cc1-c1cc2c(cc1C(F)F)N(c1nn(C3CCC(CN4CCN(c5ccc6c(c5)C(=O)N(C5CCC(=O)NC5=O)C6=O)CC4)CC3)c3c1CN(C(C)=O)CC3)CCC2. The lowest BCUT2D eigenvalue weighted by Crippen LogP contribution is -2.54. The molecule has 3 fully saturated rings. The number of fused-ring (bicyclic) bond motifs is 4. The van der Waals surface area contributed by atoms with Crippen molar-refractivity contribution in [2.24, 2.45) is 5.92 Å². The molecule has 1 aliphatic carbocycles. The van der Waals surface area contributed by atoms with Crippen LogP contribution in [0.2, 0.25) is 0 Å². The third-order valence-corrected chi connectivity index (χ3v) is 15.5. The Hall–Kier alpha value is -6.73. The smallest absolute Gasteiger partial charge is 0.264 e. The van der Waals surface area contributed by atoms with Crippen LogP contribution in [-0.4, -0.2) is 136 Å². The number of aromatic nitrogens is 4. The number of piperazine rings is 1. The number of imidazole rings is 1. The molecule has 2 aromatic carbocycles. The van der Waals surface area contributed by atoms with Crippen LogP contribution >= 0.6 is 0 Å². The predicted octanol–water partition coefficient (Wildman–Crippen LogP) is 6.10. The van der Waals surface area contributed by atoms with Gasteiger partial charge in [-0.3, -0.25) is 43.8 Å². The number of amides is 5. The number of alkyl halides is 2. The molecule has 1 unspecified atom stereocenters. The number of aryl methyl sites for hydroxylation is 1. The second kappa shape index (κ2) is 19.1. The Morgan fingerprint density at radius 2 is 1.66 bits per heavy atom. The lowest BCUT2D eigenvalue weighted by molar-refractivity contribution is -0.136. The van der Waals surface area contributed by atoms with Crippen LogP contribution in [0.25, 0.3) is 16.8 Å². The van der Waals surface area contributed by atoms with Crippen molar-refractivity contribution in [3.63, 3.8) is 0 Å². The summed E-state index contributed by atoms with van der Waals surface area (Å²) < 4.78 is 46.1. The number of pyridine rings is 1. The number of benzene rings is 2. The Morgan fingerprint density at radius 3 is 2.42 bits per heavy atom. The minimum absolute atomic E-state index is 0.00503. The summed E-state index contributed by atoms with van der Waals surface area (Å²) in [7, 11) is 1.59. The Labute approximate surface area is 409 Å². The molecule has 19 heteroatoms. The summed E-state index contributed by atoms with van der Waals surface area (Å²) >= 11 is 0. The lowest BCUT2D eigenvalue weighted by atomic mass is 9.85. The fourth-order valence-electron chi connectivity index (χ4n) is 11.8. The van der Waals surface area contributed by atoms with Crippen LogP contribution in [-0.2, 0) is 38.5 Å². The molecule has 1 saturated carbocycles. The average Bonchev–Trinajstić information content (AvgIpc) is 4.07. The molecule has 71 heavy (non-hydrogen) atoms. The topological polar surface area (TPSA) is 167 Å². The van der Waals surface area contributed by atoms with E-state index in [1.165, 1.54) is 0 Å². The van der Waals surface area contributed by atoms with E-state index >= 15 is 8.78 Å². The van der Waals surface area contributed by atoms with Gasteiger partial charge >= 0.3 is 0 Å². The zero-order chi connectivity index (χ0) is 49.1. The maximum Gasteiger partial charge on any atom is 0.264 e. The number of piperidine rings is 1. The van der Waals surface area contributed by atoms with Crippen molar-refractivity contribution >= 4 is 52.4 Å². The maximum atomic E-state index is 15.4. The number of imide groups is 2. The van der Waals surface area contributed by atoms with E-state index < -0.39 is 36.1 Å². The first-order valence-electron chi connectivity index (χ1n) is 24.9. The Balaban J connectivity index is 0.781. The fourth-order valence-corrected chi connectivity index (χ4v) is 11.8. The molecule has 0 bridgehead atoms. The van der Waals surface area contributed by atoms with Gasteiger partial charge in [0.15, 0.2) is 5.82 Å². The molecule has 2 saturated heterocycles. The molecular formula is C52H58F2N10O7. The number of nitrogens with one attached hydrogen (secondary N) is 1. The van der Waals surface area contributed by atoms with Gasteiger partial charge in [-0.25, -0.2) is 13.8 Å². The van der Waals surface area contributed by atoms with Crippen LogP contribution in [0.3, 0.4) is 0 Å². The Morgan fingerprint density at radius 1 is 0.859 bits per heavy atom. The number of hydrogen-bond donors (Lipinski definition) is 1. The first-order valence-corrected chi connectivity index (χ1v) is 24.9. The van der Waals surface area contributed by atoms with Crippen molar-refractivity contribution in [1.29, 1.82) is 0 Å². The predicted molar refractivity (Wildman–Crippen MR) is 258 cm³/mol. The number of carbonyl (C=O) groups excluding carboxylic acids is 5. The normalized spacial score (nSPS) is 21.8. The number of nitrogens with zero attached hydrogens (tertiary/aromatic N) is 9. The summed E-state index contributed by atoms with van der Waals surface area (Å²) in [5.41, 5.74) is 6.67. The van der Waals surface area contributed by atoms with Gasteiger partial charge < -0.3 is 28.6 Å². The van der Waals surface area contributed by atoms with E-state index in [0.717, 1.165) is 98.1 Å². The number of halogens is 2. The number of rotatable bonds is 12. The number of anilines is 3. The van der Waals surface area contributed by atoms with Crippen LogP contribution in [0.15, 0.2) is 55.0 Å². The number of methoxy groups -OCH3 is 1. The average molecular weight is 973 g/mol. The largest absolute Gasteiger partial charge is 0.489 e. The monoisotopic (exact) mass is 972 g/mol. The zero-order valence-electron chi connectivity index (χ0n) is 40.1. The van der Waals surface area contributed by atoms with E-state index in [1.807, 2.05) is 21.4 Å². The minimum Gasteiger partial charge on any atom is -0.489 e. The molecule has 1 N–H and O–H groups in total. The number of hydrogen-bond acceptors (Lipinski definition) is 12. The van der Waals surface area contributed by atoms with E-state index in [0.29, 0.717) is 73.2 Å². The summed E-state index contributed by atoms with van der Waals surface area (Å²) in [4.78, 5) is 78.0. The summed E-state index contributed by atoms with van der Waals surface area (Å²) in [5, 5.41) is 7.65. The van der Waals surface area contributed by atoms with E-state index in [1.54, 1.807) is 56.9 Å². The first kappa shape index (κ1) is 46.6. The van der Waals surface area contributed by atoms with Crippen molar-refractivity contribution in [1.82, 2.24) is 39.2 Å². The third-order valence-electron chi connectivity index (χ3n) is 15.5. The molecular weight excluding hydrogens is 915 g/mol. The molecule has 6 aliphatic rings. The van der Waals surface area contributed by atoms with Gasteiger partial charge in [-0.05, 0) is 98.4 Å². The van der Waals surface area contributed by atoms with Crippen molar-refractivity contribution in [3.8, 4) is 16.9 Å². The van der Waals surface area contributed by atoms with Gasteiger partial charge in [0.1, 0.15) is 24.0 Å². The highest BCUT2D eigenvalue weighted by Crippen LogP contribution is 2.46. The highest BCUT2D eigenvalue weighted by atomic mass is 19.3. The van der Waals surface area contributed by atoms with Crippen molar-refractivity contribution in [2.45, 2.75) is 89.8 Å². The van der Waals surface area contributed by atoms with Gasteiger partial charge in [0.2, 0.25) is 17.7 Å². The van der Waals surface area contributed by atoms with E-state index in [4.69, 9.17) is 14.6 Å². The highest BCUT2D eigenvalue weighted by Gasteiger charge is 2.45. The van der Waals surface area contributed by atoms with Gasteiger partial charge in [-0.15, -0.1) is 0 Å². The van der Waals surface area contributed by atoms with Crippen LogP contribution in [0.5, 0.6) is 5.75 Å². The third kappa shape index (κ3) is 8.70. The maximum absolute atomic E-state index is 15.4. The molecule has 5 amide bonds. The molecule has 3 aromatic heterocycles. The molecule has 8 heterocycles. The number of carbonyl (C=O) groups is 5. The second-order valence-corrected chi connectivity index (χ2v) is 19.7. The molecule has 0 radical (unpaired) electrons. The summed E-state index contributed by atoms with van der Waals surface area (Å²) in [6.07, 6.45) is 8.82. The molecule has 5 aromatic rings. The molecule has 1 atom stereocenters. The summed E-state index contributed by atoms with van der Waals surface area (Å²) in [5.74, 6) is -0.328. The molecule has 17 nitrogen and oxygen atoms in total. The fraction of sp³-hybridized carbons (Fsp3) is 0.481. The quantitative estimate of drug-likeness (QED) is 0.113. The van der Waals surface area contributed by atoms with Gasteiger partial charge in [0, 0.05) is 119 Å². The van der Waals surface area contributed by atoms with Crippen LogP contribution in [0, 0.1) is 5.92 Å². The Kier molecular flexibility index (Phi) is 12.6. The molecule has 372 valence electrons. The van der Waals surface area contributed by atoms with Crippen molar-refractivity contribution in [2.75, 3.05) is 75.9 Å². The molecule has 5 aliphatic heterocycles. The Bertz CT molecular complexity index is 2940. The lowest BCUT2D eigenvalue weighted by Gasteiger charge is -2.39. The van der Waals surface area contributed by atoms with Crippen molar-refractivity contribution in [3.05, 3.63) is 88.5 Å². The van der Waals surface area contributed by atoms with Crippen LogP contribution < -0.4 is 19.9 Å². The minimum atomic E-state index is -2.77. The van der Waals surface area contributed by atoms with E-state index in [9.17, 15) is 24.0 Å². The van der Waals surface area contributed by atoms with E-state index in [-0.39, 0.29) is 48.1 Å². The van der Waals surface area contributed by atoms with E-state index in [2.05, 4.69) is 29.7 Å². The van der Waals surface area contributed by atoms with Crippen LogP contribution in [0.4, 0.5) is 26.0 Å². The highest BCUT2D eigenvalue weighted by molar-refractivity contribution is 6.23. The van der Waals surface area contributed by atoms with Crippen molar-refractivity contribution < 1.29 is 42.2 Å². The summed E-state index contributed by atoms with van der Waals surface area (Å²) in [6, 6.07) is 9.81. The molecule has 11 rings (SSSR count).